The number of hydrogen-bond donors (Lipinski definition) is 1. The van der Waals surface area contributed by atoms with E-state index in [4.69, 9.17) is 11.6 Å². The van der Waals surface area contributed by atoms with E-state index in [0.29, 0.717) is 28.9 Å². The lowest BCUT2D eigenvalue weighted by molar-refractivity contribution is 0.0938. The molecule has 1 amide bonds. The number of carbonyl (C=O) groups is 1. The summed E-state index contributed by atoms with van der Waals surface area (Å²) in [5.74, 6) is 0.274. The summed E-state index contributed by atoms with van der Waals surface area (Å²) in [6.07, 6.45) is 1.81. The molecule has 0 saturated carbocycles. The Morgan fingerprint density at radius 1 is 1.25 bits per heavy atom. The van der Waals surface area contributed by atoms with E-state index in [2.05, 4.69) is 36.4 Å². The molecular weight excluding hydrogens is 322 g/mol. The first-order chi connectivity index (χ1) is 11.4. The number of rotatable bonds is 7. The number of carbonyl (C=O) groups excluding carboxylic acids is 1. The first-order valence-electron chi connectivity index (χ1n) is 8.46. The minimum absolute atomic E-state index is 0.0709. The summed E-state index contributed by atoms with van der Waals surface area (Å²) in [5.41, 5.74) is 2.44. The van der Waals surface area contributed by atoms with E-state index in [9.17, 15) is 4.79 Å². The molecule has 1 atom stereocenters. The van der Waals surface area contributed by atoms with Crippen LogP contribution in [0.3, 0.4) is 0 Å². The van der Waals surface area contributed by atoms with Crippen LogP contribution in [0.25, 0.3) is 0 Å². The molecule has 0 saturated heterocycles. The number of amides is 1. The van der Waals surface area contributed by atoms with Gasteiger partial charge in [-0.1, -0.05) is 55.8 Å². The maximum atomic E-state index is 12.6. The van der Waals surface area contributed by atoms with Gasteiger partial charge in [-0.05, 0) is 38.2 Å². The maximum Gasteiger partial charge on any atom is 0.256 e. The van der Waals surface area contributed by atoms with Crippen molar-refractivity contribution in [1.29, 1.82) is 0 Å². The van der Waals surface area contributed by atoms with Gasteiger partial charge in [0, 0.05) is 12.6 Å². The third kappa shape index (κ3) is 4.84. The Kier molecular flexibility index (Phi) is 6.44. The normalized spacial score (nSPS) is 12.4. The Morgan fingerprint density at radius 3 is 2.54 bits per heavy atom. The minimum Gasteiger partial charge on any atom is -0.349 e. The van der Waals surface area contributed by atoms with E-state index in [1.165, 1.54) is 5.56 Å². The molecule has 0 bridgehead atoms. The molecule has 130 valence electrons. The molecule has 0 aliphatic heterocycles. The molecule has 1 N–H and O–H groups in total. The molecule has 5 heteroatoms. The molecule has 24 heavy (non-hydrogen) atoms. The molecule has 1 aromatic heterocycles. The van der Waals surface area contributed by atoms with Crippen molar-refractivity contribution >= 4 is 17.5 Å². The van der Waals surface area contributed by atoms with E-state index in [1.54, 1.807) is 4.68 Å². The molecule has 2 aromatic rings. The number of hydrogen-bond acceptors (Lipinski definition) is 2. The van der Waals surface area contributed by atoms with Crippen LogP contribution in [0.4, 0.5) is 0 Å². The van der Waals surface area contributed by atoms with Gasteiger partial charge in [-0.25, -0.2) is 0 Å². The van der Waals surface area contributed by atoms with Crippen molar-refractivity contribution in [2.45, 2.75) is 53.1 Å². The van der Waals surface area contributed by atoms with Gasteiger partial charge in [0.15, 0.2) is 0 Å². The summed E-state index contributed by atoms with van der Waals surface area (Å²) in [5, 5.41) is 7.86. The van der Waals surface area contributed by atoms with Crippen LogP contribution in [0.1, 0.15) is 48.8 Å². The Morgan fingerprint density at radius 2 is 1.92 bits per heavy atom. The molecule has 0 aliphatic rings. The first-order valence-corrected chi connectivity index (χ1v) is 8.84. The summed E-state index contributed by atoms with van der Waals surface area (Å²) in [6, 6.07) is 10.3. The second kappa shape index (κ2) is 8.34. The molecule has 0 radical (unpaired) electrons. The van der Waals surface area contributed by atoms with Crippen LogP contribution < -0.4 is 5.32 Å². The van der Waals surface area contributed by atoms with Gasteiger partial charge in [0.1, 0.15) is 5.15 Å². The molecule has 1 heterocycles. The van der Waals surface area contributed by atoms with Crippen LogP contribution >= 0.6 is 11.6 Å². The third-order valence-corrected chi connectivity index (χ3v) is 4.30. The molecule has 0 spiro atoms. The zero-order valence-corrected chi connectivity index (χ0v) is 15.6. The zero-order valence-electron chi connectivity index (χ0n) is 14.8. The fraction of sp³-hybridized carbons (Fsp3) is 0.474. The topological polar surface area (TPSA) is 46.9 Å². The SMILES string of the molecule is Cc1nn(CC(C)C)c(Cl)c1C(=O)NC(C)CCc1ccccc1. The second-order valence-corrected chi connectivity index (χ2v) is 7.08. The standard InChI is InChI=1S/C19H26ClN3O/c1-13(2)12-23-18(20)17(15(4)22-23)19(24)21-14(3)10-11-16-8-6-5-7-9-16/h5-9,13-14H,10-12H2,1-4H3,(H,21,24). The van der Waals surface area contributed by atoms with E-state index in [-0.39, 0.29) is 11.9 Å². The van der Waals surface area contributed by atoms with Gasteiger partial charge in [0.05, 0.1) is 11.3 Å². The molecular formula is C19H26ClN3O. The van der Waals surface area contributed by atoms with E-state index < -0.39 is 0 Å². The van der Waals surface area contributed by atoms with Gasteiger partial charge in [0.25, 0.3) is 5.91 Å². The maximum absolute atomic E-state index is 12.6. The summed E-state index contributed by atoms with van der Waals surface area (Å²) in [4.78, 5) is 12.6. The third-order valence-electron chi connectivity index (χ3n) is 3.92. The van der Waals surface area contributed by atoms with Crippen molar-refractivity contribution in [2.24, 2.45) is 5.92 Å². The molecule has 0 fully saturated rings. The smallest absolute Gasteiger partial charge is 0.256 e. The predicted octanol–water partition coefficient (Wildman–Crippen LogP) is 4.25. The average Bonchev–Trinajstić information content (AvgIpc) is 2.79. The fourth-order valence-electron chi connectivity index (χ4n) is 2.67. The van der Waals surface area contributed by atoms with E-state index >= 15 is 0 Å². The molecule has 4 nitrogen and oxygen atoms in total. The first kappa shape index (κ1) is 18.5. The largest absolute Gasteiger partial charge is 0.349 e. The second-order valence-electron chi connectivity index (χ2n) is 6.73. The summed E-state index contributed by atoms with van der Waals surface area (Å²) < 4.78 is 1.71. The number of nitrogens with zero attached hydrogens (tertiary/aromatic N) is 2. The highest BCUT2D eigenvalue weighted by Gasteiger charge is 2.21. The molecule has 2 rings (SSSR count). The molecule has 1 aromatic carbocycles. The number of aromatic nitrogens is 2. The molecule has 1 unspecified atom stereocenters. The Bertz CT molecular complexity index is 679. The number of aryl methyl sites for hydroxylation is 2. The van der Waals surface area contributed by atoms with Crippen LogP contribution in [0.5, 0.6) is 0 Å². The van der Waals surface area contributed by atoms with E-state index in [1.807, 2.05) is 32.0 Å². The van der Waals surface area contributed by atoms with Gasteiger partial charge in [-0.2, -0.15) is 5.10 Å². The van der Waals surface area contributed by atoms with Gasteiger partial charge < -0.3 is 5.32 Å². The monoisotopic (exact) mass is 347 g/mol. The summed E-state index contributed by atoms with van der Waals surface area (Å²) in [7, 11) is 0. The lowest BCUT2D eigenvalue weighted by Gasteiger charge is -2.14. The van der Waals surface area contributed by atoms with E-state index in [0.717, 1.165) is 12.8 Å². The quantitative estimate of drug-likeness (QED) is 0.813. The van der Waals surface area contributed by atoms with Crippen LogP contribution in [-0.2, 0) is 13.0 Å². The molecule has 0 aliphatic carbocycles. The Hall–Kier alpha value is -1.81. The van der Waals surface area contributed by atoms with Crippen LogP contribution in [0.15, 0.2) is 30.3 Å². The van der Waals surface area contributed by atoms with Crippen molar-refractivity contribution in [3.8, 4) is 0 Å². The van der Waals surface area contributed by atoms with Crippen molar-refractivity contribution in [3.05, 3.63) is 52.3 Å². The van der Waals surface area contributed by atoms with Crippen molar-refractivity contribution < 1.29 is 4.79 Å². The van der Waals surface area contributed by atoms with Gasteiger partial charge >= 0.3 is 0 Å². The summed E-state index contributed by atoms with van der Waals surface area (Å²) in [6.45, 7) is 8.74. The lowest BCUT2D eigenvalue weighted by atomic mass is 10.1. The van der Waals surface area contributed by atoms with Crippen molar-refractivity contribution in [1.82, 2.24) is 15.1 Å². The van der Waals surface area contributed by atoms with Crippen LogP contribution in [0.2, 0.25) is 5.15 Å². The predicted molar refractivity (Wildman–Crippen MR) is 98.5 cm³/mol. The minimum atomic E-state index is -0.145. The fourth-order valence-corrected chi connectivity index (χ4v) is 3.00. The van der Waals surface area contributed by atoms with Crippen LogP contribution in [0, 0.1) is 12.8 Å². The van der Waals surface area contributed by atoms with Crippen LogP contribution in [-0.4, -0.2) is 21.7 Å². The highest BCUT2D eigenvalue weighted by atomic mass is 35.5. The zero-order chi connectivity index (χ0) is 17.7. The number of benzene rings is 1. The lowest BCUT2D eigenvalue weighted by Crippen LogP contribution is -2.33. The van der Waals surface area contributed by atoms with Gasteiger partial charge in [-0.15, -0.1) is 0 Å². The van der Waals surface area contributed by atoms with Gasteiger partial charge in [-0.3, -0.25) is 9.48 Å². The Labute approximate surface area is 149 Å². The highest BCUT2D eigenvalue weighted by molar-refractivity contribution is 6.33. The van der Waals surface area contributed by atoms with Crippen molar-refractivity contribution in [3.63, 3.8) is 0 Å². The van der Waals surface area contributed by atoms with Crippen molar-refractivity contribution in [2.75, 3.05) is 0 Å². The summed E-state index contributed by atoms with van der Waals surface area (Å²) >= 11 is 6.36. The number of nitrogens with one attached hydrogen (secondary N) is 1. The highest BCUT2D eigenvalue weighted by Crippen LogP contribution is 2.21. The van der Waals surface area contributed by atoms with Gasteiger partial charge in [0.2, 0.25) is 0 Å². The Balaban J connectivity index is 1.97. The number of halogens is 1. The average molecular weight is 348 g/mol.